The first kappa shape index (κ1) is 7.85. The molecule has 1 aromatic rings. The molecule has 2 N–H and O–H groups in total. The lowest BCUT2D eigenvalue weighted by molar-refractivity contribution is -0.119. The largest absolute Gasteiger partial charge is 0.368 e. The summed E-state index contributed by atoms with van der Waals surface area (Å²) in [6.45, 7) is 0.800. The number of fused-ring (bicyclic) bond motifs is 1. The van der Waals surface area contributed by atoms with Crippen LogP contribution in [0, 0.1) is 0 Å². The number of rotatable bonds is 2. The summed E-state index contributed by atoms with van der Waals surface area (Å²) in [5, 5.41) is 5.69. The molecule has 13 heavy (non-hydrogen) atoms. The molecule has 0 aromatic carbocycles. The summed E-state index contributed by atoms with van der Waals surface area (Å²) in [4.78, 5) is 10.6. The maximum Gasteiger partial charge on any atom is 0.238 e. The Labute approximate surface area is 75.4 Å². The van der Waals surface area contributed by atoms with Gasteiger partial charge in [0.2, 0.25) is 5.91 Å². The van der Waals surface area contributed by atoms with E-state index in [0.717, 1.165) is 5.69 Å². The highest BCUT2D eigenvalue weighted by atomic mass is 16.1. The maximum atomic E-state index is 10.6. The van der Waals surface area contributed by atoms with Crippen molar-refractivity contribution in [3.63, 3.8) is 0 Å². The Bertz CT molecular complexity index is 355. The number of nitrogens with zero attached hydrogens (tertiary/aromatic N) is 3. The Morgan fingerprint density at radius 1 is 1.69 bits per heavy atom. The smallest absolute Gasteiger partial charge is 0.238 e. The molecule has 0 aliphatic carbocycles. The maximum absolute atomic E-state index is 10.6. The van der Waals surface area contributed by atoms with Gasteiger partial charge in [0.1, 0.15) is 12.9 Å². The van der Waals surface area contributed by atoms with Gasteiger partial charge in [-0.3, -0.25) is 9.80 Å². The molecule has 2 heterocycles. The van der Waals surface area contributed by atoms with Crippen molar-refractivity contribution in [2.45, 2.75) is 6.54 Å². The molecule has 0 fully saturated rings. The average molecular weight is 178 g/mol. The molecule has 0 atom stereocenters. The highest BCUT2D eigenvalue weighted by Crippen LogP contribution is 2.08. The van der Waals surface area contributed by atoms with Crippen LogP contribution < -0.4 is 5.73 Å². The van der Waals surface area contributed by atoms with E-state index in [0.29, 0.717) is 6.54 Å². The van der Waals surface area contributed by atoms with Crippen LogP contribution in [0.25, 0.3) is 0 Å². The Morgan fingerprint density at radius 3 is 3.31 bits per heavy atom. The van der Waals surface area contributed by atoms with Crippen LogP contribution in [-0.2, 0) is 11.3 Å². The second-order valence-corrected chi connectivity index (χ2v) is 2.93. The first-order valence-corrected chi connectivity index (χ1v) is 3.99. The van der Waals surface area contributed by atoms with Gasteiger partial charge in [-0.1, -0.05) is 0 Å². The standard InChI is InChI=1S/C8H10N4O/c9-8(13)5-12-4-7-2-1-3-11(7)6-10-12/h1-3,6H,4-5H2,(H2,9,13). The van der Waals surface area contributed by atoms with E-state index in [1.807, 2.05) is 22.9 Å². The van der Waals surface area contributed by atoms with Crippen molar-refractivity contribution in [2.24, 2.45) is 10.8 Å². The molecule has 0 bridgehead atoms. The third-order valence-electron chi connectivity index (χ3n) is 1.89. The van der Waals surface area contributed by atoms with Crippen molar-refractivity contribution in [2.75, 3.05) is 6.54 Å². The lowest BCUT2D eigenvalue weighted by Gasteiger charge is -2.21. The topological polar surface area (TPSA) is 63.6 Å². The quantitative estimate of drug-likeness (QED) is 0.668. The zero-order valence-electron chi connectivity index (χ0n) is 7.05. The van der Waals surface area contributed by atoms with E-state index in [-0.39, 0.29) is 12.5 Å². The highest BCUT2D eigenvalue weighted by molar-refractivity contribution is 5.76. The van der Waals surface area contributed by atoms with Crippen LogP contribution in [0.2, 0.25) is 0 Å². The molecule has 5 nitrogen and oxygen atoms in total. The normalized spacial score (nSPS) is 14.3. The first-order valence-electron chi connectivity index (χ1n) is 3.99. The third-order valence-corrected chi connectivity index (χ3v) is 1.89. The van der Waals surface area contributed by atoms with Crippen LogP contribution in [0.3, 0.4) is 0 Å². The molecule has 1 aliphatic heterocycles. The van der Waals surface area contributed by atoms with E-state index < -0.39 is 0 Å². The number of hydrogen-bond acceptors (Lipinski definition) is 3. The van der Waals surface area contributed by atoms with Crippen LogP contribution in [0.4, 0.5) is 0 Å². The molecular weight excluding hydrogens is 168 g/mol. The first-order chi connectivity index (χ1) is 6.25. The summed E-state index contributed by atoms with van der Waals surface area (Å²) < 4.78 is 1.91. The minimum atomic E-state index is -0.364. The molecule has 0 saturated carbocycles. The Balaban J connectivity index is 2.12. The van der Waals surface area contributed by atoms with E-state index >= 15 is 0 Å². The lowest BCUT2D eigenvalue weighted by Crippen LogP contribution is -2.32. The van der Waals surface area contributed by atoms with Crippen LogP contribution >= 0.6 is 0 Å². The second kappa shape index (κ2) is 2.93. The van der Waals surface area contributed by atoms with E-state index in [1.54, 1.807) is 11.3 Å². The summed E-state index contributed by atoms with van der Waals surface area (Å²) in [7, 11) is 0. The molecule has 1 aliphatic rings. The Morgan fingerprint density at radius 2 is 2.54 bits per heavy atom. The minimum Gasteiger partial charge on any atom is -0.368 e. The predicted octanol–water partition coefficient (Wildman–Crippen LogP) is -0.420. The summed E-state index contributed by atoms with van der Waals surface area (Å²) in [5.74, 6) is -0.364. The molecule has 0 saturated heterocycles. The van der Waals surface area contributed by atoms with Gasteiger partial charge in [0.15, 0.2) is 0 Å². The van der Waals surface area contributed by atoms with Crippen molar-refractivity contribution in [1.29, 1.82) is 0 Å². The zero-order chi connectivity index (χ0) is 9.26. The fourth-order valence-corrected chi connectivity index (χ4v) is 1.31. The summed E-state index contributed by atoms with van der Waals surface area (Å²) in [6, 6.07) is 3.92. The molecular formula is C8H10N4O. The van der Waals surface area contributed by atoms with Crippen LogP contribution in [0.5, 0.6) is 0 Å². The predicted molar refractivity (Wildman–Crippen MR) is 47.9 cm³/mol. The summed E-state index contributed by atoms with van der Waals surface area (Å²) >= 11 is 0. The second-order valence-electron chi connectivity index (χ2n) is 2.93. The highest BCUT2D eigenvalue weighted by Gasteiger charge is 2.11. The van der Waals surface area contributed by atoms with Crippen LogP contribution in [0.1, 0.15) is 5.69 Å². The number of carbonyl (C=O) groups excluding carboxylic acids is 1. The van der Waals surface area contributed by atoms with Crippen LogP contribution in [0.15, 0.2) is 23.4 Å². The monoisotopic (exact) mass is 178 g/mol. The number of amides is 1. The molecule has 1 amide bonds. The van der Waals surface area contributed by atoms with Crippen molar-refractivity contribution in [1.82, 2.24) is 9.58 Å². The average Bonchev–Trinajstić information content (AvgIpc) is 2.49. The Kier molecular flexibility index (Phi) is 1.77. The molecule has 2 rings (SSSR count). The number of hydrogen-bond donors (Lipinski definition) is 1. The molecule has 0 radical (unpaired) electrons. The lowest BCUT2D eigenvalue weighted by atomic mass is 10.4. The van der Waals surface area contributed by atoms with Gasteiger partial charge in [0.05, 0.1) is 6.54 Å². The van der Waals surface area contributed by atoms with E-state index in [9.17, 15) is 4.79 Å². The zero-order valence-corrected chi connectivity index (χ0v) is 7.05. The van der Waals surface area contributed by atoms with E-state index in [2.05, 4.69) is 5.10 Å². The molecule has 1 aromatic heterocycles. The fraction of sp³-hybridized carbons (Fsp3) is 0.250. The van der Waals surface area contributed by atoms with Crippen molar-refractivity contribution in [3.8, 4) is 0 Å². The van der Waals surface area contributed by atoms with Gasteiger partial charge < -0.3 is 10.3 Å². The minimum absolute atomic E-state index is 0.168. The van der Waals surface area contributed by atoms with Gasteiger partial charge in [-0.2, -0.15) is 5.10 Å². The van der Waals surface area contributed by atoms with Crippen molar-refractivity contribution in [3.05, 3.63) is 24.0 Å². The van der Waals surface area contributed by atoms with E-state index in [1.165, 1.54) is 0 Å². The number of carbonyl (C=O) groups is 1. The van der Waals surface area contributed by atoms with Gasteiger partial charge in [-0.25, -0.2) is 0 Å². The number of nitrogens with two attached hydrogens (primary N) is 1. The molecule has 68 valence electrons. The number of aromatic nitrogens is 1. The summed E-state index contributed by atoms with van der Waals surface area (Å²) in [5.41, 5.74) is 6.16. The van der Waals surface area contributed by atoms with Gasteiger partial charge >= 0.3 is 0 Å². The molecule has 0 unspecified atom stereocenters. The molecule has 0 spiro atoms. The van der Waals surface area contributed by atoms with Crippen LogP contribution in [-0.4, -0.2) is 28.4 Å². The van der Waals surface area contributed by atoms with Crippen molar-refractivity contribution < 1.29 is 4.79 Å². The molecule has 5 heteroatoms. The SMILES string of the molecule is NC(=O)CN1Cc2cccn2C=N1. The fourth-order valence-electron chi connectivity index (χ4n) is 1.31. The third kappa shape index (κ3) is 1.53. The van der Waals surface area contributed by atoms with Gasteiger partial charge in [-0.15, -0.1) is 0 Å². The van der Waals surface area contributed by atoms with Gasteiger partial charge in [0, 0.05) is 11.9 Å². The van der Waals surface area contributed by atoms with Crippen molar-refractivity contribution >= 4 is 12.2 Å². The summed E-state index contributed by atoms with van der Waals surface area (Å²) in [6.07, 6.45) is 3.59. The number of primary amides is 1. The van der Waals surface area contributed by atoms with Gasteiger partial charge in [0.25, 0.3) is 0 Å². The Hall–Kier alpha value is -1.78. The van der Waals surface area contributed by atoms with Gasteiger partial charge in [-0.05, 0) is 12.1 Å². The number of hydrazone groups is 1. The van der Waals surface area contributed by atoms with E-state index in [4.69, 9.17) is 5.73 Å².